The van der Waals surface area contributed by atoms with Crippen molar-refractivity contribution in [3.8, 4) is 0 Å². The Morgan fingerprint density at radius 2 is 1.50 bits per heavy atom. The Bertz CT molecular complexity index is 1100. The van der Waals surface area contributed by atoms with Crippen molar-refractivity contribution < 1.29 is 22.8 Å². The number of carbonyl (C=O) groups is 2. The zero-order valence-corrected chi connectivity index (χ0v) is 15.7. The normalized spacial score (nSPS) is 15.6. The predicted molar refractivity (Wildman–Crippen MR) is 107 cm³/mol. The summed E-state index contributed by atoms with van der Waals surface area (Å²) in [4.78, 5) is 27.6. The molecule has 1 heterocycles. The van der Waals surface area contributed by atoms with E-state index in [-0.39, 0.29) is 18.0 Å². The van der Waals surface area contributed by atoms with Gasteiger partial charge in [0.2, 0.25) is 5.91 Å². The number of hydrogen-bond acceptors (Lipinski definition) is 2. The Labute approximate surface area is 170 Å². The second kappa shape index (κ2) is 7.67. The number of amides is 2. The molecule has 3 aromatic carbocycles. The standard InChI is InChI=1S/C23H17F3N2O2/c24-23(25,26)17-11-5-6-12-18(17)27-21(29)20-14-16-10-4-7-13-19(16)28(20)22(30)15-8-2-1-3-9-15/h1-13,20H,14H2,(H,27,29)/t20-/m0/s1. The van der Waals surface area contributed by atoms with Gasteiger partial charge in [-0.15, -0.1) is 0 Å². The number of fused-ring (bicyclic) bond motifs is 1. The molecule has 0 fully saturated rings. The number of hydrogen-bond donors (Lipinski definition) is 1. The molecule has 0 unspecified atom stereocenters. The molecule has 2 amide bonds. The molecule has 1 N–H and O–H groups in total. The lowest BCUT2D eigenvalue weighted by atomic mass is 10.1. The summed E-state index contributed by atoms with van der Waals surface area (Å²) in [6.45, 7) is 0. The maximum absolute atomic E-state index is 13.3. The maximum Gasteiger partial charge on any atom is 0.418 e. The number of carbonyl (C=O) groups excluding carboxylic acids is 2. The molecule has 4 rings (SSSR count). The van der Waals surface area contributed by atoms with Crippen LogP contribution in [-0.4, -0.2) is 17.9 Å². The van der Waals surface area contributed by atoms with Crippen LogP contribution in [-0.2, 0) is 17.4 Å². The summed E-state index contributed by atoms with van der Waals surface area (Å²) in [6.07, 6.45) is -4.39. The number of rotatable bonds is 3. The van der Waals surface area contributed by atoms with Crippen LogP contribution in [0.4, 0.5) is 24.5 Å². The molecular weight excluding hydrogens is 393 g/mol. The summed E-state index contributed by atoms with van der Waals surface area (Å²) in [5.41, 5.74) is 0.484. The summed E-state index contributed by atoms with van der Waals surface area (Å²) in [7, 11) is 0. The van der Waals surface area contributed by atoms with E-state index in [2.05, 4.69) is 5.32 Å². The van der Waals surface area contributed by atoms with E-state index in [0.717, 1.165) is 11.6 Å². The Hall–Kier alpha value is -3.61. The minimum absolute atomic E-state index is 0.217. The van der Waals surface area contributed by atoms with Crippen LogP contribution >= 0.6 is 0 Å². The zero-order valence-electron chi connectivity index (χ0n) is 15.7. The van der Waals surface area contributed by atoms with Gasteiger partial charge in [-0.25, -0.2) is 0 Å². The third kappa shape index (κ3) is 3.66. The van der Waals surface area contributed by atoms with Crippen molar-refractivity contribution in [1.82, 2.24) is 0 Å². The molecule has 0 radical (unpaired) electrons. The van der Waals surface area contributed by atoms with Gasteiger partial charge in [-0.1, -0.05) is 48.5 Å². The van der Waals surface area contributed by atoms with E-state index >= 15 is 0 Å². The van der Waals surface area contributed by atoms with Gasteiger partial charge in [0.1, 0.15) is 6.04 Å². The van der Waals surface area contributed by atoms with Gasteiger partial charge < -0.3 is 5.32 Å². The first kappa shape index (κ1) is 19.7. The van der Waals surface area contributed by atoms with E-state index in [1.807, 2.05) is 0 Å². The number of para-hydroxylation sites is 2. The van der Waals surface area contributed by atoms with Crippen LogP contribution < -0.4 is 10.2 Å². The predicted octanol–water partition coefficient (Wildman–Crippen LogP) is 4.92. The fourth-order valence-corrected chi connectivity index (χ4v) is 3.62. The lowest BCUT2D eigenvalue weighted by Gasteiger charge is -2.25. The zero-order chi connectivity index (χ0) is 21.3. The molecular formula is C23H17F3N2O2. The van der Waals surface area contributed by atoms with Gasteiger partial charge in [-0.05, 0) is 35.9 Å². The van der Waals surface area contributed by atoms with Crippen molar-refractivity contribution in [3.63, 3.8) is 0 Å². The number of halogens is 3. The molecule has 3 aromatic rings. The highest BCUT2D eigenvalue weighted by Crippen LogP contribution is 2.37. The highest BCUT2D eigenvalue weighted by atomic mass is 19.4. The Morgan fingerprint density at radius 3 is 2.23 bits per heavy atom. The van der Waals surface area contributed by atoms with Crippen LogP contribution in [0.1, 0.15) is 21.5 Å². The van der Waals surface area contributed by atoms with Gasteiger partial charge in [0.15, 0.2) is 0 Å². The summed E-state index contributed by atoms with van der Waals surface area (Å²) >= 11 is 0. The number of nitrogens with one attached hydrogen (secondary N) is 1. The Kier molecular flexibility index (Phi) is 5.03. The molecule has 0 bridgehead atoms. The van der Waals surface area contributed by atoms with E-state index in [1.54, 1.807) is 54.6 Å². The highest BCUT2D eigenvalue weighted by Gasteiger charge is 2.40. The summed E-state index contributed by atoms with van der Waals surface area (Å²) < 4.78 is 39.9. The molecule has 0 aromatic heterocycles. The van der Waals surface area contributed by atoms with E-state index in [4.69, 9.17) is 0 Å². The van der Waals surface area contributed by atoms with Gasteiger partial charge in [0, 0.05) is 17.7 Å². The molecule has 1 atom stereocenters. The number of anilines is 2. The first-order valence-corrected chi connectivity index (χ1v) is 9.30. The SMILES string of the molecule is O=C(Nc1ccccc1C(F)(F)F)[C@@H]1Cc2ccccc2N1C(=O)c1ccccc1. The van der Waals surface area contributed by atoms with E-state index in [0.29, 0.717) is 11.3 Å². The molecule has 4 nitrogen and oxygen atoms in total. The second-order valence-corrected chi connectivity index (χ2v) is 6.92. The van der Waals surface area contributed by atoms with Gasteiger partial charge in [0.05, 0.1) is 11.3 Å². The van der Waals surface area contributed by atoms with Crippen molar-refractivity contribution >= 4 is 23.2 Å². The van der Waals surface area contributed by atoms with Crippen LogP contribution in [0.5, 0.6) is 0 Å². The lowest BCUT2D eigenvalue weighted by molar-refractivity contribution is -0.137. The molecule has 0 spiro atoms. The molecule has 0 saturated heterocycles. The fourth-order valence-electron chi connectivity index (χ4n) is 3.62. The minimum atomic E-state index is -4.61. The summed E-state index contributed by atoms with van der Waals surface area (Å²) in [6, 6.07) is 19.4. The smallest absolute Gasteiger partial charge is 0.324 e. The molecule has 7 heteroatoms. The van der Waals surface area contributed by atoms with Crippen molar-refractivity contribution in [3.05, 3.63) is 95.6 Å². The largest absolute Gasteiger partial charge is 0.418 e. The number of alkyl halides is 3. The van der Waals surface area contributed by atoms with Gasteiger partial charge in [-0.3, -0.25) is 14.5 Å². The van der Waals surface area contributed by atoms with Crippen molar-refractivity contribution in [2.75, 3.05) is 10.2 Å². The summed E-state index contributed by atoms with van der Waals surface area (Å²) in [5, 5.41) is 2.38. The molecule has 0 saturated carbocycles. The van der Waals surface area contributed by atoms with Crippen LogP contribution in [0, 0.1) is 0 Å². The van der Waals surface area contributed by atoms with Crippen molar-refractivity contribution in [2.45, 2.75) is 18.6 Å². The van der Waals surface area contributed by atoms with Crippen molar-refractivity contribution in [2.24, 2.45) is 0 Å². The average molecular weight is 410 g/mol. The molecule has 0 aliphatic carbocycles. The topological polar surface area (TPSA) is 49.4 Å². The first-order valence-electron chi connectivity index (χ1n) is 9.30. The molecule has 30 heavy (non-hydrogen) atoms. The third-order valence-electron chi connectivity index (χ3n) is 5.01. The van der Waals surface area contributed by atoms with Gasteiger partial charge >= 0.3 is 6.18 Å². The van der Waals surface area contributed by atoms with Crippen LogP contribution in [0.3, 0.4) is 0 Å². The van der Waals surface area contributed by atoms with Crippen molar-refractivity contribution in [1.29, 1.82) is 0 Å². The third-order valence-corrected chi connectivity index (χ3v) is 5.01. The number of benzene rings is 3. The Morgan fingerprint density at radius 1 is 0.867 bits per heavy atom. The average Bonchev–Trinajstić information content (AvgIpc) is 3.13. The van der Waals surface area contributed by atoms with E-state index in [9.17, 15) is 22.8 Å². The molecule has 1 aliphatic rings. The molecule has 1 aliphatic heterocycles. The fraction of sp³-hybridized carbons (Fsp3) is 0.130. The minimum Gasteiger partial charge on any atom is -0.324 e. The lowest BCUT2D eigenvalue weighted by Crippen LogP contribution is -2.45. The Balaban J connectivity index is 1.68. The first-order chi connectivity index (χ1) is 14.4. The monoisotopic (exact) mass is 410 g/mol. The van der Waals surface area contributed by atoms with Gasteiger partial charge in [-0.2, -0.15) is 13.2 Å². The summed E-state index contributed by atoms with van der Waals surface area (Å²) in [5.74, 6) is -1.06. The van der Waals surface area contributed by atoms with Crippen LogP contribution in [0.2, 0.25) is 0 Å². The molecule has 152 valence electrons. The van der Waals surface area contributed by atoms with E-state index in [1.165, 1.54) is 23.1 Å². The second-order valence-electron chi connectivity index (χ2n) is 6.92. The van der Waals surface area contributed by atoms with Gasteiger partial charge in [0.25, 0.3) is 5.91 Å². The maximum atomic E-state index is 13.3. The quantitative estimate of drug-likeness (QED) is 0.667. The van der Waals surface area contributed by atoms with Crippen LogP contribution in [0.15, 0.2) is 78.9 Å². The van der Waals surface area contributed by atoms with E-state index < -0.39 is 23.7 Å². The number of nitrogens with zero attached hydrogens (tertiary/aromatic N) is 1. The van der Waals surface area contributed by atoms with Crippen LogP contribution in [0.25, 0.3) is 0 Å². The highest BCUT2D eigenvalue weighted by molar-refractivity contribution is 6.13.